The number of alkyl halides is 3. The second-order valence-corrected chi connectivity index (χ2v) is 5.35. The van der Waals surface area contributed by atoms with E-state index in [0.717, 1.165) is 23.5 Å². The average molecular weight is 336 g/mol. The Morgan fingerprint density at radius 3 is 2.71 bits per heavy atom. The molecule has 9 heteroatoms. The zero-order chi connectivity index (χ0) is 15.6. The summed E-state index contributed by atoms with van der Waals surface area (Å²) < 4.78 is 38.7. The summed E-state index contributed by atoms with van der Waals surface area (Å²) in [4.78, 5) is 15.8. The Morgan fingerprint density at radius 1 is 1.43 bits per heavy atom. The highest BCUT2D eigenvalue weighted by atomic mass is 35.5. The molecular weight excluding hydrogens is 327 g/mol. The Morgan fingerprint density at radius 2 is 2.14 bits per heavy atom. The number of nitrogens with zero attached hydrogens (tertiary/aromatic N) is 1. The second-order valence-electron chi connectivity index (χ2n) is 3.97. The first-order valence-electron chi connectivity index (χ1n) is 5.64. The van der Waals surface area contributed by atoms with Crippen molar-refractivity contribution in [2.45, 2.75) is 12.7 Å². The molecule has 2 aromatic rings. The zero-order valence-electron chi connectivity index (χ0n) is 10.4. The van der Waals surface area contributed by atoms with E-state index in [1.165, 1.54) is 11.4 Å². The molecule has 21 heavy (non-hydrogen) atoms. The standard InChI is InChI=1S/C12H9ClF3N3OS/c13-6-1-2-8(7(3-6)12(14,15)16)19-11(20)9-5-21-10(4-17)18-9/h1-3,5H,4,17H2,(H,19,20). The van der Waals surface area contributed by atoms with Gasteiger partial charge in [0.05, 0.1) is 11.3 Å². The lowest BCUT2D eigenvalue weighted by Crippen LogP contribution is -2.17. The van der Waals surface area contributed by atoms with E-state index in [1.807, 2.05) is 0 Å². The Kier molecular flexibility index (Phi) is 4.50. The van der Waals surface area contributed by atoms with Gasteiger partial charge in [0, 0.05) is 16.9 Å². The molecule has 112 valence electrons. The number of carbonyl (C=O) groups is 1. The Balaban J connectivity index is 2.29. The van der Waals surface area contributed by atoms with E-state index in [1.54, 1.807) is 0 Å². The van der Waals surface area contributed by atoms with E-state index in [4.69, 9.17) is 17.3 Å². The largest absolute Gasteiger partial charge is 0.418 e. The number of benzene rings is 1. The number of halogens is 4. The van der Waals surface area contributed by atoms with Gasteiger partial charge in [-0.3, -0.25) is 4.79 Å². The fraction of sp³-hybridized carbons (Fsp3) is 0.167. The molecule has 0 aliphatic rings. The number of thiazole rings is 1. The van der Waals surface area contributed by atoms with Crippen LogP contribution >= 0.6 is 22.9 Å². The first-order chi connectivity index (χ1) is 9.81. The molecule has 0 spiro atoms. The van der Waals surface area contributed by atoms with Crippen LogP contribution in [0.4, 0.5) is 18.9 Å². The molecule has 3 N–H and O–H groups in total. The van der Waals surface area contributed by atoms with Crippen molar-refractivity contribution in [3.63, 3.8) is 0 Å². The maximum atomic E-state index is 12.9. The maximum Gasteiger partial charge on any atom is 0.418 e. The number of hydrogen-bond donors (Lipinski definition) is 2. The topological polar surface area (TPSA) is 68.0 Å². The van der Waals surface area contributed by atoms with E-state index >= 15 is 0 Å². The third kappa shape index (κ3) is 3.72. The Hall–Kier alpha value is -1.64. The number of aromatic nitrogens is 1. The SMILES string of the molecule is NCc1nc(C(=O)Nc2ccc(Cl)cc2C(F)(F)F)cs1. The van der Waals surface area contributed by atoms with Crippen molar-refractivity contribution in [1.29, 1.82) is 0 Å². The molecule has 2 rings (SSSR count). The third-order valence-corrected chi connectivity index (χ3v) is 3.60. The number of nitrogens with two attached hydrogens (primary N) is 1. The van der Waals surface area contributed by atoms with Gasteiger partial charge in [-0.2, -0.15) is 13.2 Å². The highest BCUT2D eigenvalue weighted by Gasteiger charge is 2.34. The summed E-state index contributed by atoms with van der Waals surface area (Å²) >= 11 is 6.72. The normalized spacial score (nSPS) is 11.5. The number of amides is 1. The quantitative estimate of drug-likeness (QED) is 0.901. The van der Waals surface area contributed by atoms with Gasteiger partial charge in [0.2, 0.25) is 0 Å². The molecular formula is C12H9ClF3N3OS. The van der Waals surface area contributed by atoms with Crippen molar-refractivity contribution in [3.8, 4) is 0 Å². The summed E-state index contributed by atoms with van der Waals surface area (Å²) in [6, 6.07) is 3.11. The number of rotatable bonds is 3. The van der Waals surface area contributed by atoms with Crippen LogP contribution in [0.3, 0.4) is 0 Å². The van der Waals surface area contributed by atoms with Gasteiger partial charge in [-0.1, -0.05) is 11.6 Å². The summed E-state index contributed by atoms with van der Waals surface area (Å²) in [5.74, 6) is -0.737. The summed E-state index contributed by atoms with van der Waals surface area (Å²) in [5, 5.41) is 4.07. The van der Waals surface area contributed by atoms with Crippen molar-refractivity contribution in [2.75, 3.05) is 5.32 Å². The minimum atomic E-state index is -4.63. The lowest BCUT2D eigenvalue weighted by molar-refractivity contribution is -0.136. The minimum absolute atomic E-state index is 0.0172. The number of anilines is 1. The van der Waals surface area contributed by atoms with Crippen LogP contribution in [0.15, 0.2) is 23.6 Å². The second kappa shape index (κ2) is 6.00. The monoisotopic (exact) mass is 335 g/mol. The average Bonchev–Trinajstić information content (AvgIpc) is 2.88. The summed E-state index contributed by atoms with van der Waals surface area (Å²) in [5.41, 5.74) is 3.99. The molecule has 0 atom stereocenters. The first-order valence-corrected chi connectivity index (χ1v) is 6.89. The van der Waals surface area contributed by atoms with E-state index in [2.05, 4.69) is 10.3 Å². The number of nitrogens with one attached hydrogen (secondary N) is 1. The predicted octanol–water partition coefficient (Wildman–Crippen LogP) is 3.53. The highest BCUT2D eigenvalue weighted by molar-refractivity contribution is 7.09. The van der Waals surface area contributed by atoms with E-state index in [0.29, 0.717) is 5.01 Å². The van der Waals surface area contributed by atoms with Crippen LogP contribution in [-0.2, 0) is 12.7 Å². The summed E-state index contributed by atoms with van der Waals surface area (Å²) in [6.07, 6.45) is -4.63. The van der Waals surface area contributed by atoms with Gasteiger partial charge < -0.3 is 11.1 Å². The molecule has 1 amide bonds. The lowest BCUT2D eigenvalue weighted by Gasteiger charge is -2.13. The van der Waals surface area contributed by atoms with Gasteiger partial charge in [-0.25, -0.2) is 4.98 Å². The molecule has 1 aromatic heterocycles. The van der Waals surface area contributed by atoms with E-state index in [-0.39, 0.29) is 22.9 Å². The minimum Gasteiger partial charge on any atom is -0.325 e. The molecule has 0 saturated carbocycles. The Labute approximate surface area is 126 Å². The molecule has 1 aromatic carbocycles. The smallest absolute Gasteiger partial charge is 0.325 e. The molecule has 1 heterocycles. The fourth-order valence-electron chi connectivity index (χ4n) is 1.56. The van der Waals surface area contributed by atoms with Crippen LogP contribution in [0.1, 0.15) is 21.1 Å². The van der Waals surface area contributed by atoms with Crippen molar-refractivity contribution >= 4 is 34.5 Å². The van der Waals surface area contributed by atoms with Crippen LogP contribution in [0.2, 0.25) is 5.02 Å². The highest BCUT2D eigenvalue weighted by Crippen LogP contribution is 2.36. The van der Waals surface area contributed by atoms with Crippen molar-refractivity contribution in [3.05, 3.63) is 44.9 Å². The molecule has 0 bridgehead atoms. The van der Waals surface area contributed by atoms with E-state index in [9.17, 15) is 18.0 Å². The van der Waals surface area contributed by atoms with Crippen molar-refractivity contribution < 1.29 is 18.0 Å². The summed E-state index contributed by atoms with van der Waals surface area (Å²) in [7, 11) is 0. The molecule has 0 unspecified atom stereocenters. The van der Waals surface area contributed by atoms with Gasteiger partial charge in [-0.15, -0.1) is 11.3 Å². The molecule has 0 saturated heterocycles. The lowest BCUT2D eigenvalue weighted by atomic mass is 10.1. The van der Waals surface area contributed by atoms with Gasteiger partial charge >= 0.3 is 6.18 Å². The molecule has 0 fully saturated rings. The maximum absolute atomic E-state index is 12.9. The van der Waals surface area contributed by atoms with Gasteiger partial charge in [0.15, 0.2) is 0 Å². The first kappa shape index (κ1) is 15.7. The van der Waals surface area contributed by atoms with Crippen LogP contribution in [0.25, 0.3) is 0 Å². The van der Waals surface area contributed by atoms with Crippen LogP contribution < -0.4 is 11.1 Å². The fourth-order valence-corrected chi connectivity index (χ4v) is 2.38. The van der Waals surface area contributed by atoms with Crippen molar-refractivity contribution in [1.82, 2.24) is 4.98 Å². The van der Waals surface area contributed by atoms with Crippen LogP contribution in [-0.4, -0.2) is 10.9 Å². The molecule has 0 radical (unpaired) electrons. The number of carbonyl (C=O) groups excluding carboxylic acids is 1. The molecule has 0 aliphatic carbocycles. The summed E-state index contributed by atoms with van der Waals surface area (Å²) in [6.45, 7) is 0.159. The van der Waals surface area contributed by atoms with Crippen LogP contribution in [0, 0.1) is 0 Å². The predicted molar refractivity (Wildman–Crippen MR) is 74.4 cm³/mol. The number of hydrogen-bond acceptors (Lipinski definition) is 4. The van der Waals surface area contributed by atoms with Gasteiger partial charge in [0.1, 0.15) is 10.7 Å². The van der Waals surface area contributed by atoms with Gasteiger partial charge in [0.25, 0.3) is 5.91 Å². The van der Waals surface area contributed by atoms with Gasteiger partial charge in [-0.05, 0) is 18.2 Å². The zero-order valence-corrected chi connectivity index (χ0v) is 11.9. The Bertz CT molecular complexity index is 672. The van der Waals surface area contributed by atoms with Crippen LogP contribution in [0.5, 0.6) is 0 Å². The molecule has 4 nitrogen and oxygen atoms in total. The van der Waals surface area contributed by atoms with E-state index < -0.39 is 17.6 Å². The third-order valence-electron chi connectivity index (χ3n) is 2.49. The van der Waals surface area contributed by atoms with Crippen molar-refractivity contribution in [2.24, 2.45) is 5.73 Å². The molecule has 0 aliphatic heterocycles.